The van der Waals surface area contributed by atoms with E-state index in [0.29, 0.717) is 12.2 Å². The van der Waals surface area contributed by atoms with Crippen molar-refractivity contribution in [3.8, 4) is 5.75 Å². The van der Waals surface area contributed by atoms with E-state index in [1.54, 1.807) is 36.4 Å². The van der Waals surface area contributed by atoms with Crippen molar-refractivity contribution < 1.29 is 19.4 Å². The fourth-order valence-electron chi connectivity index (χ4n) is 1.98. The van der Waals surface area contributed by atoms with E-state index < -0.39 is 6.09 Å². The summed E-state index contributed by atoms with van der Waals surface area (Å²) < 4.78 is 4.50. The maximum Gasteiger partial charge on any atom is 0.411 e. The van der Waals surface area contributed by atoms with Gasteiger partial charge >= 0.3 is 6.09 Å². The quantitative estimate of drug-likeness (QED) is 0.810. The molecule has 2 aromatic rings. The molecule has 0 unspecified atom stereocenters. The van der Waals surface area contributed by atoms with Gasteiger partial charge in [0.05, 0.1) is 12.7 Å². The SMILES string of the molecule is COC(=O)Nc1ccc(CNC(=O)c2cc(C)ccc2O)cc1. The predicted molar refractivity (Wildman–Crippen MR) is 86.5 cm³/mol. The first-order chi connectivity index (χ1) is 11.0. The Hall–Kier alpha value is -3.02. The number of ether oxygens (including phenoxy) is 1. The van der Waals surface area contributed by atoms with Crippen molar-refractivity contribution in [2.24, 2.45) is 0 Å². The van der Waals surface area contributed by atoms with E-state index in [1.165, 1.54) is 13.2 Å². The van der Waals surface area contributed by atoms with Crippen molar-refractivity contribution >= 4 is 17.7 Å². The van der Waals surface area contributed by atoms with Gasteiger partial charge in [0.25, 0.3) is 5.91 Å². The van der Waals surface area contributed by atoms with E-state index in [-0.39, 0.29) is 17.2 Å². The van der Waals surface area contributed by atoms with Gasteiger partial charge in [-0.25, -0.2) is 4.79 Å². The summed E-state index contributed by atoms with van der Waals surface area (Å²) in [5.41, 5.74) is 2.60. The van der Waals surface area contributed by atoms with E-state index >= 15 is 0 Å². The molecule has 3 N–H and O–H groups in total. The molecule has 0 spiro atoms. The van der Waals surface area contributed by atoms with Gasteiger partial charge < -0.3 is 15.2 Å². The standard InChI is InChI=1S/C17H18N2O4/c1-11-3-8-15(20)14(9-11)16(21)18-10-12-4-6-13(7-5-12)19-17(22)23-2/h3-9,20H,10H2,1-2H3,(H,18,21)(H,19,22). The normalized spacial score (nSPS) is 10.0. The van der Waals surface area contributed by atoms with E-state index in [9.17, 15) is 14.7 Å². The van der Waals surface area contributed by atoms with Crippen molar-refractivity contribution in [1.82, 2.24) is 5.32 Å². The summed E-state index contributed by atoms with van der Waals surface area (Å²) >= 11 is 0. The third kappa shape index (κ3) is 4.47. The van der Waals surface area contributed by atoms with Crippen molar-refractivity contribution in [3.05, 3.63) is 59.2 Å². The average Bonchev–Trinajstić information content (AvgIpc) is 2.56. The lowest BCUT2D eigenvalue weighted by Crippen LogP contribution is -2.23. The summed E-state index contributed by atoms with van der Waals surface area (Å²) in [6.07, 6.45) is -0.541. The molecule has 0 bridgehead atoms. The van der Waals surface area contributed by atoms with Gasteiger partial charge in [-0.15, -0.1) is 0 Å². The van der Waals surface area contributed by atoms with Gasteiger partial charge in [-0.3, -0.25) is 10.1 Å². The lowest BCUT2D eigenvalue weighted by atomic mass is 10.1. The zero-order chi connectivity index (χ0) is 16.8. The molecule has 0 aliphatic heterocycles. The number of rotatable bonds is 4. The number of phenolic OH excluding ortho intramolecular Hbond substituents is 1. The van der Waals surface area contributed by atoms with Gasteiger partial charge in [0.15, 0.2) is 0 Å². The Balaban J connectivity index is 1.96. The van der Waals surface area contributed by atoms with Crippen molar-refractivity contribution in [1.29, 1.82) is 0 Å². The number of benzene rings is 2. The number of carbonyl (C=O) groups excluding carboxylic acids is 2. The van der Waals surface area contributed by atoms with Crippen LogP contribution in [0.2, 0.25) is 0 Å². The highest BCUT2D eigenvalue weighted by molar-refractivity contribution is 5.96. The molecule has 2 amide bonds. The predicted octanol–water partition coefficient (Wildman–Crippen LogP) is 2.81. The average molecular weight is 314 g/mol. The maximum absolute atomic E-state index is 12.1. The monoisotopic (exact) mass is 314 g/mol. The summed E-state index contributed by atoms with van der Waals surface area (Å²) in [6, 6.07) is 11.8. The number of amides is 2. The first-order valence-corrected chi connectivity index (χ1v) is 7.01. The van der Waals surface area contributed by atoms with Crippen molar-refractivity contribution in [2.45, 2.75) is 13.5 Å². The lowest BCUT2D eigenvalue weighted by Gasteiger charge is -2.09. The van der Waals surface area contributed by atoms with Crippen LogP contribution in [0.25, 0.3) is 0 Å². The maximum atomic E-state index is 12.1. The zero-order valence-electron chi connectivity index (χ0n) is 12.9. The third-order valence-corrected chi connectivity index (χ3v) is 3.24. The van der Waals surface area contributed by atoms with Gasteiger partial charge in [0.1, 0.15) is 5.75 Å². The van der Waals surface area contributed by atoms with Crippen LogP contribution < -0.4 is 10.6 Å². The smallest absolute Gasteiger partial charge is 0.411 e. The van der Waals surface area contributed by atoms with Crippen molar-refractivity contribution in [3.63, 3.8) is 0 Å². The molecule has 0 aliphatic rings. The number of anilines is 1. The number of aryl methyl sites for hydroxylation is 1. The van der Waals surface area contributed by atoms with Crippen molar-refractivity contribution in [2.75, 3.05) is 12.4 Å². The number of methoxy groups -OCH3 is 1. The molecule has 0 fully saturated rings. The number of hydrogen-bond acceptors (Lipinski definition) is 4. The highest BCUT2D eigenvalue weighted by Gasteiger charge is 2.10. The van der Waals surface area contributed by atoms with Gasteiger partial charge in [-0.05, 0) is 36.8 Å². The van der Waals surface area contributed by atoms with E-state index in [0.717, 1.165) is 11.1 Å². The topological polar surface area (TPSA) is 87.7 Å². The summed E-state index contributed by atoms with van der Waals surface area (Å²) in [6.45, 7) is 2.16. The van der Waals surface area contributed by atoms with Crippen LogP contribution in [0.15, 0.2) is 42.5 Å². The highest BCUT2D eigenvalue weighted by Crippen LogP contribution is 2.18. The summed E-state index contributed by atoms with van der Waals surface area (Å²) in [5.74, 6) is -0.395. The molecule has 0 heterocycles. The largest absolute Gasteiger partial charge is 0.507 e. The molecule has 0 aromatic heterocycles. The first-order valence-electron chi connectivity index (χ1n) is 7.01. The van der Waals surface area contributed by atoms with Crippen LogP contribution >= 0.6 is 0 Å². The van der Waals surface area contributed by atoms with Gasteiger partial charge in [0.2, 0.25) is 0 Å². The van der Waals surface area contributed by atoms with E-state index in [4.69, 9.17) is 0 Å². The second kappa shape index (κ2) is 7.31. The molecule has 0 atom stereocenters. The molecule has 120 valence electrons. The number of carbonyl (C=O) groups is 2. The van der Waals surface area contributed by atoms with Crippen LogP contribution in [-0.2, 0) is 11.3 Å². The summed E-state index contributed by atoms with van der Waals surface area (Å²) in [5, 5.41) is 15.0. The molecule has 23 heavy (non-hydrogen) atoms. The van der Waals surface area contributed by atoms with Crippen LogP contribution in [0, 0.1) is 6.92 Å². The Morgan fingerprint density at radius 1 is 1.13 bits per heavy atom. The van der Waals surface area contributed by atoms with Gasteiger partial charge in [-0.1, -0.05) is 23.8 Å². The molecular formula is C17H18N2O4. The summed E-state index contributed by atoms with van der Waals surface area (Å²) in [4.78, 5) is 23.2. The lowest BCUT2D eigenvalue weighted by molar-refractivity contribution is 0.0948. The fraction of sp³-hybridized carbons (Fsp3) is 0.176. The first kappa shape index (κ1) is 16.4. The van der Waals surface area contributed by atoms with E-state index in [1.807, 2.05) is 6.92 Å². The minimum absolute atomic E-state index is 0.0503. The molecule has 2 aromatic carbocycles. The molecule has 0 saturated carbocycles. The van der Waals surface area contributed by atoms with Crippen LogP contribution in [0.3, 0.4) is 0 Å². The summed E-state index contributed by atoms with van der Waals surface area (Å²) in [7, 11) is 1.29. The second-order valence-electron chi connectivity index (χ2n) is 5.02. The second-order valence-corrected chi connectivity index (χ2v) is 5.02. The molecule has 0 aliphatic carbocycles. The minimum atomic E-state index is -0.541. The Bertz CT molecular complexity index is 711. The number of aromatic hydroxyl groups is 1. The van der Waals surface area contributed by atoms with Crippen LogP contribution in [0.1, 0.15) is 21.5 Å². The van der Waals surface area contributed by atoms with Gasteiger partial charge in [0, 0.05) is 12.2 Å². The Morgan fingerprint density at radius 3 is 2.48 bits per heavy atom. The van der Waals surface area contributed by atoms with E-state index in [2.05, 4.69) is 15.4 Å². The van der Waals surface area contributed by atoms with Gasteiger partial charge in [-0.2, -0.15) is 0 Å². The molecule has 0 saturated heterocycles. The minimum Gasteiger partial charge on any atom is -0.507 e. The Kier molecular flexibility index (Phi) is 5.19. The molecule has 6 heteroatoms. The fourth-order valence-corrected chi connectivity index (χ4v) is 1.98. The van der Waals surface area contributed by atoms with Crippen LogP contribution in [-0.4, -0.2) is 24.2 Å². The van der Waals surface area contributed by atoms with Crippen LogP contribution in [0.4, 0.5) is 10.5 Å². The third-order valence-electron chi connectivity index (χ3n) is 3.24. The number of nitrogens with one attached hydrogen (secondary N) is 2. The zero-order valence-corrected chi connectivity index (χ0v) is 12.9. The number of phenols is 1. The Morgan fingerprint density at radius 2 is 1.83 bits per heavy atom. The van der Waals surface area contributed by atoms with Crippen LogP contribution in [0.5, 0.6) is 5.75 Å². The highest BCUT2D eigenvalue weighted by atomic mass is 16.5. The molecular weight excluding hydrogens is 296 g/mol. The number of hydrogen-bond donors (Lipinski definition) is 3. The molecule has 0 radical (unpaired) electrons. The molecule has 2 rings (SSSR count). The Labute approximate surface area is 134 Å². The molecule has 6 nitrogen and oxygen atoms in total.